The van der Waals surface area contributed by atoms with Gasteiger partial charge in [-0.05, 0) is 41.8 Å². The second-order valence-electron chi connectivity index (χ2n) is 7.53. The molecule has 182 valence electrons. The lowest BCUT2D eigenvalue weighted by Crippen LogP contribution is -2.47. The number of carbonyl (C=O) groups excluding carboxylic acids is 2. The van der Waals surface area contributed by atoms with Crippen LogP contribution in [-0.4, -0.2) is 38.0 Å². The molecule has 0 fully saturated rings. The molecule has 3 rings (SSSR count). The molecular weight excluding hydrogens is 446 g/mol. The molecule has 0 aliphatic rings. The summed E-state index contributed by atoms with van der Waals surface area (Å²) in [7, 11) is 1.56. The molecule has 35 heavy (non-hydrogen) atoms. The number of hydrogen-bond acceptors (Lipinski definition) is 6. The molecule has 1 atom stereocenters. The Labute approximate surface area is 204 Å². The summed E-state index contributed by atoms with van der Waals surface area (Å²) < 4.78 is 16.2. The average Bonchev–Trinajstić information content (AvgIpc) is 2.88. The number of carbonyl (C=O) groups is 2. The number of nitrogens with one attached hydrogen (secondary N) is 2. The number of rotatable bonds is 11. The standard InChI is InChI=1S/C27H29N3O5/c1-3-34-27(32)29-23(16-20-10-6-4-7-11-20)26(31)30-28-18-22-14-15-24(25(17-22)33-2)35-19-21-12-8-5-9-13-21/h4-15,17-18,23H,3,16,19H2,1-2H3,(H,29,32)(H,30,31)/b28-18-/t23-/m1/s1. The molecule has 2 amide bonds. The van der Waals surface area contributed by atoms with Gasteiger partial charge in [-0.2, -0.15) is 5.10 Å². The third-order valence-corrected chi connectivity index (χ3v) is 4.98. The van der Waals surface area contributed by atoms with Gasteiger partial charge in [0.1, 0.15) is 12.6 Å². The summed E-state index contributed by atoms with van der Waals surface area (Å²) in [6.07, 6.45) is 1.12. The van der Waals surface area contributed by atoms with Crippen LogP contribution in [-0.2, 0) is 22.6 Å². The second-order valence-corrected chi connectivity index (χ2v) is 7.53. The maximum absolute atomic E-state index is 12.7. The minimum absolute atomic E-state index is 0.205. The summed E-state index contributed by atoms with van der Waals surface area (Å²) in [6.45, 7) is 2.32. The van der Waals surface area contributed by atoms with Crippen molar-refractivity contribution < 1.29 is 23.8 Å². The summed E-state index contributed by atoms with van der Waals surface area (Å²) in [5, 5.41) is 6.63. The summed E-state index contributed by atoms with van der Waals surface area (Å²) in [5.41, 5.74) is 5.13. The van der Waals surface area contributed by atoms with Crippen LogP contribution in [0.4, 0.5) is 4.79 Å². The van der Waals surface area contributed by atoms with E-state index in [1.807, 2.05) is 60.7 Å². The number of nitrogens with zero attached hydrogens (tertiary/aromatic N) is 1. The number of benzene rings is 3. The molecule has 0 saturated heterocycles. The molecule has 0 heterocycles. The maximum atomic E-state index is 12.7. The van der Waals surface area contributed by atoms with E-state index in [1.165, 1.54) is 6.21 Å². The zero-order valence-corrected chi connectivity index (χ0v) is 19.8. The number of amides is 2. The monoisotopic (exact) mass is 475 g/mol. The number of hydrazone groups is 1. The zero-order valence-electron chi connectivity index (χ0n) is 19.8. The topological polar surface area (TPSA) is 98.2 Å². The summed E-state index contributed by atoms with van der Waals surface area (Å²) in [4.78, 5) is 24.6. The molecule has 3 aromatic rings. The largest absolute Gasteiger partial charge is 0.493 e. The Morgan fingerprint density at radius 2 is 1.63 bits per heavy atom. The van der Waals surface area contributed by atoms with Gasteiger partial charge in [0, 0.05) is 6.42 Å². The molecule has 0 saturated carbocycles. The van der Waals surface area contributed by atoms with Gasteiger partial charge >= 0.3 is 6.09 Å². The Kier molecular flexibility index (Phi) is 9.68. The van der Waals surface area contributed by atoms with E-state index in [9.17, 15) is 9.59 Å². The van der Waals surface area contributed by atoms with Gasteiger partial charge in [0.25, 0.3) is 5.91 Å². The van der Waals surface area contributed by atoms with Gasteiger partial charge in [0.2, 0.25) is 0 Å². The molecular formula is C27H29N3O5. The van der Waals surface area contributed by atoms with Crippen LogP contribution < -0.4 is 20.2 Å². The molecule has 8 heteroatoms. The van der Waals surface area contributed by atoms with Crippen molar-refractivity contribution in [3.63, 3.8) is 0 Å². The first kappa shape index (κ1) is 25.3. The first-order valence-electron chi connectivity index (χ1n) is 11.2. The number of alkyl carbamates (subject to hydrolysis) is 1. The van der Waals surface area contributed by atoms with Crippen LogP contribution in [0, 0.1) is 0 Å². The fourth-order valence-electron chi connectivity index (χ4n) is 3.24. The van der Waals surface area contributed by atoms with E-state index in [0.717, 1.165) is 11.1 Å². The smallest absolute Gasteiger partial charge is 0.407 e. The van der Waals surface area contributed by atoms with Crippen LogP contribution in [0.2, 0.25) is 0 Å². The Morgan fingerprint density at radius 3 is 2.29 bits per heavy atom. The van der Waals surface area contributed by atoms with Crippen molar-refractivity contribution >= 4 is 18.2 Å². The van der Waals surface area contributed by atoms with E-state index in [1.54, 1.807) is 32.2 Å². The van der Waals surface area contributed by atoms with Crippen LogP contribution in [0.25, 0.3) is 0 Å². The highest BCUT2D eigenvalue weighted by Gasteiger charge is 2.21. The molecule has 0 radical (unpaired) electrons. The maximum Gasteiger partial charge on any atom is 0.407 e. The van der Waals surface area contributed by atoms with E-state index < -0.39 is 18.0 Å². The Morgan fingerprint density at radius 1 is 0.943 bits per heavy atom. The minimum Gasteiger partial charge on any atom is -0.493 e. The highest BCUT2D eigenvalue weighted by atomic mass is 16.5. The first-order chi connectivity index (χ1) is 17.1. The number of ether oxygens (including phenoxy) is 3. The van der Waals surface area contributed by atoms with Crippen molar-refractivity contribution in [1.29, 1.82) is 0 Å². The molecule has 0 aromatic heterocycles. The van der Waals surface area contributed by atoms with E-state index in [0.29, 0.717) is 30.1 Å². The zero-order chi connectivity index (χ0) is 24.9. The van der Waals surface area contributed by atoms with Gasteiger partial charge in [-0.15, -0.1) is 0 Å². The molecule has 3 aromatic carbocycles. The number of methoxy groups -OCH3 is 1. The van der Waals surface area contributed by atoms with Crippen LogP contribution in [0.5, 0.6) is 11.5 Å². The minimum atomic E-state index is -0.850. The van der Waals surface area contributed by atoms with Gasteiger partial charge in [-0.1, -0.05) is 60.7 Å². The molecule has 0 aliphatic heterocycles. The van der Waals surface area contributed by atoms with Gasteiger partial charge in [0.15, 0.2) is 11.5 Å². The first-order valence-corrected chi connectivity index (χ1v) is 11.2. The Bertz CT molecular complexity index is 1120. The normalized spacial score (nSPS) is 11.5. The quantitative estimate of drug-likeness (QED) is 0.322. The van der Waals surface area contributed by atoms with Gasteiger partial charge in [-0.25, -0.2) is 10.2 Å². The highest BCUT2D eigenvalue weighted by Crippen LogP contribution is 2.28. The molecule has 2 N–H and O–H groups in total. The molecule has 8 nitrogen and oxygen atoms in total. The SMILES string of the molecule is CCOC(=O)N[C@H](Cc1ccccc1)C(=O)N/N=C\c1ccc(OCc2ccccc2)c(OC)c1. The van der Waals surface area contributed by atoms with E-state index >= 15 is 0 Å². The molecule has 0 aliphatic carbocycles. The van der Waals surface area contributed by atoms with Crippen LogP contribution in [0.3, 0.4) is 0 Å². The summed E-state index contributed by atoms with van der Waals surface area (Å²) >= 11 is 0. The van der Waals surface area contributed by atoms with Gasteiger partial charge in [-0.3, -0.25) is 4.79 Å². The Hall–Kier alpha value is -4.33. The van der Waals surface area contributed by atoms with E-state index in [-0.39, 0.29) is 6.61 Å². The lowest BCUT2D eigenvalue weighted by atomic mass is 10.1. The summed E-state index contributed by atoms with van der Waals surface area (Å²) in [6, 6.07) is 23.7. The Balaban J connectivity index is 1.62. The lowest BCUT2D eigenvalue weighted by molar-refractivity contribution is -0.123. The van der Waals surface area contributed by atoms with E-state index in [4.69, 9.17) is 14.2 Å². The predicted octanol–water partition coefficient (Wildman–Crippen LogP) is 4.08. The van der Waals surface area contributed by atoms with Crippen molar-refractivity contribution in [2.24, 2.45) is 5.10 Å². The van der Waals surface area contributed by atoms with E-state index in [2.05, 4.69) is 15.8 Å². The molecule has 0 unspecified atom stereocenters. The predicted molar refractivity (Wildman–Crippen MR) is 134 cm³/mol. The van der Waals surface area contributed by atoms with Gasteiger partial charge in [0.05, 0.1) is 19.9 Å². The third-order valence-electron chi connectivity index (χ3n) is 4.98. The highest BCUT2D eigenvalue weighted by molar-refractivity contribution is 5.87. The fraction of sp³-hybridized carbons (Fsp3) is 0.222. The van der Waals surface area contributed by atoms with Crippen molar-refractivity contribution in [1.82, 2.24) is 10.7 Å². The lowest BCUT2D eigenvalue weighted by Gasteiger charge is -2.16. The van der Waals surface area contributed by atoms with Crippen molar-refractivity contribution in [2.75, 3.05) is 13.7 Å². The van der Waals surface area contributed by atoms with Crippen LogP contribution in [0.1, 0.15) is 23.6 Å². The summed E-state index contributed by atoms with van der Waals surface area (Å²) in [5.74, 6) is 0.675. The van der Waals surface area contributed by atoms with Crippen molar-refractivity contribution in [3.8, 4) is 11.5 Å². The fourth-order valence-corrected chi connectivity index (χ4v) is 3.24. The molecule has 0 spiro atoms. The van der Waals surface area contributed by atoms with Crippen molar-refractivity contribution in [2.45, 2.75) is 26.0 Å². The van der Waals surface area contributed by atoms with Crippen LogP contribution in [0.15, 0.2) is 84.0 Å². The van der Waals surface area contributed by atoms with Crippen LogP contribution >= 0.6 is 0 Å². The van der Waals surface area contributed by atoms with Crippen molar-refractivity contribution in [3.05, 3.63) is 95.6 Å². The van der Waals surface area contributed by atoms with Gasteiger partial charge < -0.3 is 19.5 Å². The second kappa shape index (κ2) is 13.4. The third kappa shape index (κ3) is 8.19. The average molecular weight is 476 g/mol. The molecule has 0 bridgehead atoms. The number of hydrogen-bond donors (Lipinski definition) is 2.